The van der Waals surface area contributed by atoms with Gasteiger partial charge in [-0.15, -0.1) is 0 Å². The molecule has 1 aromatic heterocycles. The van der Waals surface area contributed by atoms with Gasteiger partial charge in [0.25, 0.3) is 0 Å². The zero-order valence-corrected chi connectivity index (χ0v) is 12.9. The summed E-state index contributed by atoms with van der Waals surface area (Å²) in [5, 5.41) is 15.2. The van der Waals surface area contributed by atoms with Crippen molar-refractivity contribution in [2.75, 3.05) is 6.54 Å². The lowest BCUT2D eigenvalue weighted by Crippen LogP contribution is -2.39. The molecule has 130 valence electrons. The van der Waals surface area contributed by atoms with E-state index in [-0.39, 0.29) is 18.3 Å². The number of aliphatic hydroxyl groups excluding tert-OH is 1. The number of nitrogens with one attached hydrogen (secondary N) is 2. The van der Waals surface area contributed by atoms with Crippen LogP contribution in [0.3, 0.4) is 0 Å². The molecule has 2 rings (SSSR count). The van der Waals surface area contributed by atoms with E-state index in [4.69, 9.17) is 4.42 Å². The first-order valence-electron chi connectivity index (χ1n) is 7.26. The van der Waals surface area contributed by atoms with Crippen LogP contribution in [0.4, 0.5) is 13.6 Å². The third-order valence-electron chi connectivity index (χ3n) is 3.24. The Kier molecular flexibility index (Phi) is 6.14. The number of hydrogen-bond donors (Lipinski definition) is 3. The number of urea groups is 1. The Balaban J connectivity index is 1.84. The Hall–Kier alpha value is -2.61. The number of furan rings is 1. The van der Waals surface area contributed by atoms with Crippen LogP contribution >= 0.6 is 0 Å². The van der Waals surface area contributed by atoms with Crippen LogP contribution in [0.5, 0.6) is 5.75 Å². The fourth-order valence-electron chi connectivity index (χ4n) is 2.06. The van der Waals surface area contributed by atoms with Gasteiger partial charge in [0.05, 0.1) is 18.4 Å². The number of aliphatic hydroxyl groups is 1. The van der Waals surface area contributed by atoms with Crippen molar-refractivity contribution < 1.29 is 27.8 Å². The molecule has 0 bridgehead atoms. The van der Waals surface area contributed by atoms with Crippen molar-refractivity contribution in [3.8, 4) is 5.75 Å². The maximum Gasteiger partial charge on any atom is 0.387 e. The number of amides is 2. The van der Waals surface area contributed by atoms with Crippen LogP contribution < -0.4 is 15.4 Å². The highest BCUT2D eigenvalue weighted by molar-refractivity contribution is 5.74. The monoisotopic (exact) mass is 340 g/mol. The summed E-state index contributed by atoms with van der Waals surface area (Å²) in [6, 6.07) is 8.30. The minimum absolute atomic E-state index is 0.0579. The van der Waals surface area contributed by atoms with E-state index >= 15 is 0 Å². The molecule has 2 atom stereocenters. The Labute approximate surface area is 137 Å². The predicted octanol–water partition coefficient (Wildman–Crippen LogP) is 2.97. The van der Waals surface area contributed by atoms with Crippen molar-refractivity contribution in [3.05, 3.63) is 54.0 Å². The summed E-state index contributed by atoms with van der Waals surface area (Å²) in [6.07, 6.45) is 0.444. The molecule has 0 saturated heterocycles. The first-order valence-corrected chi connectivity index (χ1v) is 7.26. The maximum absolute atomic E-state index is 12.2. The Bertz CT molecular complexity index is 649. The fourth-order valence-corrected chi connectivity index (χ4v) is 2.06. The van der Waals surface area contributed by atoms with Crippen molar-refractivity contribution in [3.63, 3.8) is 0 Å². The van der Waals surface area contributed by atoms with E-state index < -0.39 is 18.7 Å². The number of carbonyl (C=O) groups excluding carboxylic acids is 1. The summed E-state index contributed by atoms with van der Waals surface area (Å²) in [5.74, 6) is 0.542. The Morgan fingerprint density at radius 2 is 2.12 bits per heavy atom. The zero-order valence-electron chi connectivity index (χ0n) is 12.9. The second kappa shape index (κ2) is 8.30. The highest BCUT2D eigenvalue weighted by Crippen LogP contribution is 2.20. The summed E-state index contributed by atoms with van der Waals surface area (Å²) in [5.41, 5.74) is 0.354. The predicted molar refractivity (Wildman–Crippen MR) is 81.7 cm³/mol. The molecule has 6 nitrogen and oxygen atoms in total. The SMILES string of the molecule is CC(NC(=O)NCC(O)c1cccc(OC(F)F)c1)c1ccco1. The van der Waals surface area contributed by atoms with E-state index in [0.29, 0.717) is 11.3 Å². The number of ether oxygens (including phenoxy) is 1. The summed E-state index contributed by atoms with van der Waals surface area (Å²) in [7, 11) is 0. The van der Waals surface area contributed by atoms with Gasteiger partial charge in [-0.1, -0.05) is 12.1 Å². The molecule has 1 heterocycles. The van der Waals surface area contributed by atoms with Gasteiger partial charge in [-0.3, -0.25) is 0 Å². The average molecular weight is 340 g/mol. The molecule has 0 aliphatic rings. The second-order valence-corrected chi connectivity index (χ2v) is 5.06. The van der Waals surface area contributed by atoms with E-state index in [0.717, 1.165) is 0 Å². The van der Waals surface area contributed by atoms with Crippen LogP contribution in [0.25, 0.3) is 0 Å². The fraction of sp³-hybridized carbons (Fsp3) is 0.312. The number of benzene rings is 1. The molecule has 0 aliphatic heterocycles. The smallest absolute Gasteiger partial charge is 0.387 e. The van der Waals surface area contributed by atoms with E-state index in [1.807, 2.05) is 0 Å². The molecule has 1 aromatic carbocycles. The van der Waals surface area contributed by atoms with E-state index in [9.17, 15) is 18.7 Å². The van der Waals surface area contributed by atoms with Gasteiger partial charge in [0.1, 0.15) is 11.5 Å². The summed E-state index contributed by atoms with van der Waals surface area (Å²) in [6.45, 7) is -1.28. The van der Waals surface area contributed by atoms with E-state index in [1.165, 1.54) is 24.5 Å². The molecule has 2 aromatic rings. The highest BCUT2D eigenvalue weighted by atomic mass is 19.3. The van der Waals surface area contributed by atoms with Crippen molar-refractivity contribution >= 4 is 6.03 Å². The zero-order chi connectivity index (χ0) is 17.5. The number of carbonyl (C=O) groups is 1. The van der Waals surface area contributed by atoms with Crippen molar-refractivity contribution in [1.29, 1.82) is 0 Å². The molecular formula is C16H18F2N2O4. The highest BCUT2D eigenvalue weighted by Gasteiger charge is 2.14. The van der Waals surface area contributed by atoms with Gasteiger partial charge < -0.3 is 24.9 Å². The normalized spacial score (nSPS) is 13.4. The number of alkyl halides is 2. The van der Waals surface area contributed by atoms with Gasteiger partial charge in [-0.05, 0) is 36.8 Å². The van der Waals surface area contributed by atoms with Gasteiger partial charge in [0, 0.05) is 6.54 Å². The minimum Gasteiger partial charge on any atom is -0.467 e. The van der Waals surface area contributed by atoms with Crippen LogP contribution in [0.2, 0.25) is 0 Å². The lowest BCUT2D eigenvalue weighted by molar-refractivity contribution is -0.0499. The number of hydrogen-bond acceptors (Lipinski definition) is 4. The van der Waals surface area contributed by atoms with Gasteiger partial charge in [0.15, 0.2) is 0 Å². The molecular weight excluding hydrogens is 322 g/mol. The van der Waals surface area contributed by atoms with Crippen LogP contribution in [-0.2, 0) is 0 Å². The topological polar surface area (TPSA) is 83.7 Å². The van der Waals surface area contributed by atoms with Crippen molar-refractivity contribution in [2.24, 2.45) is 0 Å². The minimum atomic E-state index is -2.94. The third-order valence-corrected chi connectivity index (χ3v) is 3.24. The van der Waals surface area contributed by atoms with Gasteiger partial charge >= 0.3 is 12.6 Å². The van der Waals surface area contributed by atoms with Crippen molar-refractivity contribution in [2.45, 2.75) is 25.7 Å². The molecule has 0 fully saturated rings. The third kappa shape index (κ3) is 5.24. The Morgan fingerprint density at radius 3 is 2.79 bits per heavy atom. The second-order valence-electron chi connectivity index (χ2n) is 5.06. The van der Waals surface area contributed by atoms with Crippen molar-refractivity contribution in [1.82, 2.24) is 10.6 Å². The first-order chi connectivity index (χ1) is 11.5. The maximum atomic E-state index is 12.2. The molecule has 0 spiro atoms. The molecule has 8 heteroatoms. The lowest BCUT2D eigenvalue weighted by Gasteiger charge is -2.16. The molecule has 2 unspecified atom stereocenters. The van der Waals surface area contributed by atoms with Gasteiger partial charge in [-0.25, -0.2) is 4.79 Å². The molecule has 0 aliphatic carbocycles. The molecule has 0 saturated carbocycles. The molecule has 3 N–H and O–H groups in total. The number of halogens is 2. The van der Waals surface area contributed by atoms with E-state index in [1.54, 1.807) is 25.1 Å². The molecule has 24 heavy (non-hydrogen) atoms. The number of rotatable bonds is 7. The first kappa shape index (κ1) is 17.7. The van der Waals surface area contributed by atoms with Crippen LogP contribution in [0, 0.1) is 0 Å². The molecule has 0 radical (unpaired) electrons. The largest absolute Gasteiger partial charge is 0.467 e. The average Bonchev–Trinajstić information content (AvgIpc) is 3.06. The molecule has 2 amide bonds. The van der Waals surface area contributed by atoms with Gasteiger partial charge in [-0.2, -0.15) is 8.78 Å². The Morgan fingerprint density at radius 1 is 1.33 bits per heavy atom. The standard InChI is InChI=1S/C16H18F2N2O4/c1-10(14-6-3-7-23-14)20-16(22)19-9-13(21)11-4-2-5-12(8-11)24-15(17)18/h2-8,10,13,15,21H,9H2,1H3,(H2,19,20,22). The quantitative estimate of drug-likeness (QED) is 0.723. The van der Waals surface area contributed by atoms with Crippen LogP contribution in [0.1, 0.15) is 30.4 Å². The summed E-state index contributed by atoms with van der Waals surface area (Å²) in [4.78, 5) is 11.8. The summed E-state index contributed by atoms with van der Waals surface area (Å²) < 4.78 is 33.8. The van der Waals surface area contributed by atoms with Crippen LogP contribution in [-0.4, -0.2) is 24.3 Å². The lowest BCUT2D eigenvalue weighted by atomic mass is 10.1. The van der Waals surface area contributed by atoms with E-state index in [2.05, 4.69) is 15.4 Å². The van der Waals surface area contributed by atoms with Crippen LogP contribution in [0.15, 0.2) is 47.1 Å². The van der Waals surface area contributed by atoms with Gasteiger partial charge in [0.2, 0.25) is 0 Å². The summed E-state index contributed by atoms with van der Waals surface area (Å²) >= 11 is 0.